The van der Waals surface area contributed by atoms with Crippen LogP contribution in [-0.2, 0) is 10.0 Å². The average molecular weight is 406 g/mol. The van der Waals surface area contributed by atoms with Crippen molar-refractivity contribution in [1.29, 1.82) is 0 Å². The summed E-state index contributed by atoms with van der Waals surface area (Å²) >= 11 is 0. The smallest absolute Gasteiger partial charge is 0.251 e. The van der Waals surface area contributed by atoms with Crippen LogP contribution in [0.25, 0.3) is 0 Å². The molecule has 0 saturated carbocycles. The van der Waals surface area contributed by atoms with Crippen molar-refractivity contribution in [2.45, 2.75) is 18.7 Å². The van der Waals surface area contributed by atoms with Crippen molar-refractivity contribution in [3.05, 3.63) is 53.1 Å². The third-order valence-corrected chi connectivity index (χ3v) is 5.90. The predicted octanol–water partition coefficient (Wildman–Crippen LogP) is 2.09. The second kappa shape index (κ2) is 9.07. The SMILES string of the molecule is COc1cc(C)c(C)cc1S(=O)(=O)NCCNC(=O)c1ccc(N(C)C)cc1. The first-order valence-electron chi connectivity index (χ1n) is 8.86. The molecule has 1 amide bonds. The summed E-state index contributed by atoms with van der Waals surface area (Å²) in [5, 5.41) is 2.71. The summed E-state index contributed by atoms with van der Waals surface area (Å²) in [6.07, 6.45) is 0. The summed E-state index contributed by atoms with van der Waals surface area (Å²) in [4.78, 5) is 14.2. The third kappa shape index (κ3) is 5.24. The van der Waals surface area contributed by atoms with Crippen LogP contribution in [0.1, 0.15) is 21.5 Å². The normalized spacial score (nSPS) is 11.2. The molecule has 7 nitrogen and oxygen atoms in total. The molecule has 0 aliphatic heterocycles. The van der Waals surface area contributed by atoms with Gasteiger partial charge in [0.15, 0.2) is 0 Å². The van der Waals surface area contributed by atoms with Crippen molar-refractivity contribution in [2.24, 2.45) is 0 Å². The second-order valence-electron chi connectivity index (χ2n) is 6.68. The lowest BCUT2D eigenvalue weighted by Gasteiger charge is -2.14. The maximum Gasteiger partial charge on any atom is 0.251 e. The lowest BCUT2D eigenvalue weighted by atomic mass is 10.1. The van der Waals surface area contributed by atoms with Crippen molar-refractivity contribution in [3.8, 4) is 5.75 Å². The van der Waals surface area contributed by atoms with Crippen LogP contribution in [0, 0.1) is 13.8 Å². The molecule has 0 atom stereocenters. The number of nitrogens with zero attached hydrogens (tertiary/aromatic N) is 1. The van der Waals surface area contributed by atoms with Crippen molar-refractivity contribution >= 4 is 21.6 Å². The Hall–Kier alpha value is -2.58. The number of rotatable bonds is 8. The topological polar surface area (TPSA) is 87.7 Å². The number of methoxy groups -OCH3 is 1. The molecule has 0 radical (unpaired) electrons. The number of nitrogens with one attached hydrogen (secondary N) is 2. The number of aryl methyl sites for hydroxylation is 2. The molecule has 2 aromatic rings. The van der Waals surface area contributed by atoms with Crippen molar-refractivity contribution in [3.63, 3.8) is 0 Å². The van der Waals surface area contributed by atoms with Crippen molar-refractivity contribution < 1.29 is 17.9 Å². The maximum absolute atomic E-state index is 12.6. The first-order valence-corrected chi connectivity index (χ1v) is 10.3. The molecular formula is C20H27N3O4S. The molecule has 0 heterocycles. The summed E-state index contributed by atoms with van der Waals surface area (Å²) in [6, 6.07) is 10.4. The molecule has 0 saturated heterocycles. The van der Waals surface area contributed by atoms with Crippen molar-refractivity contribution in [1.82, 2.24) is 10.0 Å². The van der Waals surface area contributed by atoms with E-state index in [1.54, 1.807) is 24.3 Å². The quantitative estimate of drug-likeness (QED) is 0.657. The van der Waals surface area contributed by atoms with Gasteiger partial charge in [0.25, 0.3) is 5.91 Å². The third-order valence-electron chi connectivity index (χ3n) is 4.42. The lowest BCUT2D eigenvalue weighted by molar-refractivity contribution is 0.0954. The Morgan fingerprint density at radius 2 is 1.64 bits per heavy atom. The zero-order chi connectivity index (χ0) is 20.9. The molecular weight excluding hydrogens is 378 g/mol. The second-order valence-corrected chi connectivity index (χ2v) is 8.42. The van der Waals surface area contributed by atoms with Gasteiger partial charge >= 0.3 is 0 Å². The van der Waals surface area contributed by atoms with Crippen LogP contribution in [-0.4, -0.2) is 48.6 Å². The van der Waals surface area contributed by atoms with Gasteiger partial charge in [0.1, 0.15) is 10.6 Å². The van der Waals surface area contributed by atoms with Crippen molar-refractivity contribution in [2.75, 3.05) is 39.2 Å². The Bertz CT molecular complexity index is 939. The van der Waals surface area contributed by atoms with E-state index in [4.69, 9.17) is 4.74 Å². The Labute approximate surface area is 166 Å². The molecule has 0 bridgehead atoms. The van der Waals surface area contributed by atoms with Gasteiger partial charge < -0.3 is 15.0 Å². The summed E-state index contributed by atoms with van der Waals surface area (Å²) in [6.45, 7) is 3.97. The van der Waals surface area contributed by atoms with Crippen LogP contribution >= 0.6 is 0 Å². The number of hydrogen-bond donors (Lipinski definition) is 2. The summed E-state index contributed by atoms with van der Waals surface area (Å²) in [5.41, 5.74) is 3.31. The van der Waals surface area contributed by atoms with E-state index in [0.29, 0.717) is 11.3 Å². The molecule has 0 aliphatic carbocycles. The van der Waals surface area contributed by atoms with Gasteiger partial charge in [-0.3, -0.25) is 4.79 Å². The Kier molecular flexibility index (Phi) is 7.04. The minimum absolute atomic E-state index is 0.0694. The highest BCUT2D eigenvalue weighted by molar-refractivity contribution is 7.89. The number of carbonyl (C=O) groups is 1. The molecule has 2 aromatic carbocycles. The Morgan fingerprint density at radius 1 is 1.04 bits per heavy atom. The van der Waals surface area contributed by atoms with E-state index >= 15 is 0 Å². The van der Waals surface area contributed by atoms with E-state index in [1.807, 2.05) is 45.0 Å². The number of amides is 1. The average Bonchev–Trinajstić information content (AvgIpc) is 2.66. The number of hydrogen-bond acceptors (Lipinski definition) is 5. The minimum atomic E-state index is -3.75. The van der Waals surface area contributed by atoms with E-state index in [1.165, 1.54) is 7.11 Å². The first-order chi connectivity index (χ1) is 13.2. The molecule has 152 valence electrons. The van der Waals surface area contributed by atoms with Gasteiger partial charge in [-0.05, 0) is 61.4 Å². The van der Waals surface area contributed by atoms with E-state index in [-0.39, 0.29) is 23.9 Å². The first kappa shape index (κ1) is 21.7. The van der Waals surface area contributed by atoms with Crippen LogP contribution in [0.4, 0.5) is 5.69 Å². The number of ether oxygens (including phenoxy) is 1. The predicted molar refractivity (Wildman–Crippen MR) is 111 cm³/mol. The van der Waals surface area contributed by atoms with Crippen LogP contribution in [0.3, 0.4) is 0 Å². The molecule has 2 rings (SSSR count). The molecule has 0 spiro atoms. The van der Waals surface area contributed by atoms with Gasteiger partial charge in [0, 0.05) is 38.4 Å². The van der Waals surface area contributed by atoms with Crippen LogP contribution in [0.15, 0.2) is 41.3 Å². The molecule has 0 aliphatic rings. The fourth-order valence-corrected chi connectivity index (χ4v) is 3.85. The van der Waals surface area contributed by atoms with E-state index in [0.717, 1.165) is 16.8 Å². The molecule has 0 unspecified atom stereocenters. The maximum atomic E-state index is 12.6. The van der Waals surface area contributed by atoms with E-state index in [9.17, 15) is 13.2 Å². The summed E-state index contributed by atoms with van der Waals surface area (Å²) < 4.78 is 32.9. The number of benzene rings is 2. The molecule has 2 N–H and O–H groups in total. The highest BCUT2D eigenvalue weighted by Gasteiger charge is 2.20. The largest absolute Gasteiger partial charge is 0.495 e. The Balaban J connectivity index is 1.95. The van der Waals surface area contributed by atoms with E-state index < -0.39 is 10.0 Å². The zero-order valence-corrected chi connectivity index (χ0v) is 17.7. The fraction of sp³-hybridized carbons (Fsp3) is 0.350. The highest BCUT2D eigenvalue weighted by atomic mass is 32.2. The van der Waals surface area contributed by atoms with Gasteiger partial charge in [-0.2, -0.15) is 0 Å². The van der Waals surface area contributed by atoms with Gasteiger partial charge in [0.2, 0.25) is 10.0 Å². The van der Waals surface area contributed by atoms with Gasteiger partial charge in [-0.1, -0.05) is 0 Å². The lowest BCUT2D eigenvalue weighted by Crippen LogP contribution is -2.34. The summed E-state index contributed by atoms with van der Waals surface area (Å²) in [7, 11) is 1.53. The molecule has 0 fully saturated rings. The Morgan fingerprint density at radius 3 is 2.21 bits per heavy atom. The standard InChI is InChI=1S/C20H27N3O4S/c1-14-12-18(27-5)19(13-15(14)2)28(25,26)22-11-10-21-20(24)16-6-8-17(9-7-16)23(3)4/h6-9,12-13,22H,10-11H2,1-5H3,(H,21,24). The number of sulfonamides is 1. The minimum Gasteiger partial charge on any atom is -0.495 e. The van der Waals surface area contributed by atoms with Gasteiger partial charge in [-0.15, -0.1) is 0 Å². The summed E-state index contributed by atoms with van der Waals surface area (Å²) in [5.74, 6) is 0.0360. The molecule has 0 aromatic heterocycles. The van der Waals surface area contributed by atoms with E-state index in [2.05, 4.69) is 10.0 Å². The zero-order valence-electron chi connectivity index (χ0n) is 16.9. The molecule has 8 heteroatoms. The highest BCUT2D eigenvalue weighted by Crippen LogP contribution is 2.27. The fourth-order valence-electron chi connectivity index (χ4n) is 2.58. The molecule has 28 heavy (non-hydrogen) atoms. The number of carbonyl (C=O) groups excluding carboxylic acids is 1. The van der Waals surface area contributed by atoms with Gasteiger partial charge in [0.05, 0.1) is 7.11 Å². The van der Waals surface area contributed by atoms with Crippen LogP contribution < -0.4 is 19.7 Å². The monoisotopic (exact) mass is 405 g/mol. The number of anilines is 1. The van der Waals surface area contributed by atoms with Crippen LogP contribution in [0.5, 0.6) is 5.75 Å². The van der Waals surface area contributed by atoms with Gasteiger partial charge in [-0.25, -0.2) is 13.1 Å². The van der Waals surface area contributed by atoms with Crippen LogP contribution in [0.2, 0.25) is 0 Å².